The van der Waals surface area contributed by atoms with Gasteiger partial charge in [0.25, 0.3) is 0 Å². The molecule has 0 unspecified atom stereocenters. The van der Waals surface area contributed by atoms with Crippen LogP contribution in [0.3, 0.4) is 0 Å². The molecule has 0 saturated heterocycles. The van der Waals surface area contributed by atoms with E-state index >= 15 is 0 Å². The first-order valence-electron chi connectivity index (χ1n) is 7.09. The van der Waals surface area contributed by atoms with E-state index in [1.807, 2.05) is 0 Å². The van der Waals surface area contributed by atoms with Crippen LogP contribution in [0.1, 0.15) is 35.9 Å². The predicted molar refractivity (Wildman–Crippen MR) is 82.0 cm³/mol. The summed E-state index contributed by atoms with van der Waals surface area (Å²) in [5.41, 5.74) is 6.59. The standard InChI is InChI=1S/C17H24N2/c1-5-10-18-12-16-11-14(3)19(15(16)4)17-8-6-13(2)7-9-17/h6-9,11,18H,5,10,12H2,1-4H3. The van der Waals surface area contributed by atoms with Crippen molar-refractivity contribution in [1.29, 1.82) is 0 Å². The van der Waals surface area contributed by atoms with E-state index in [0.717, 1.165) is 13.1 Å². The lowest BCUT2D eigenvalue weighted by molar-refractivity contribution is 0.672. The van der Waals surface area contributed by atoms with Crippen molar-refractivity contribution in [2.45, 2.75) is 40.7 Å². The Labute approximate surface area is 116 Å². The number of benzene rings is 1. The van der Waals surface area contributed by atoms with Crippen molar-refractivity contribution < 1.29 is 0 Å². The number of nitrogens with one attached hydrogen (secondary N) is 1. The van der Waals surface area contributed by atoms with Gasteiger partial charge in [0.15, 0.2) is 0 Å². The molecule has 1 aromatic heterocycles. The van der Waals surface area contributed by atoms with Crippen molar-refractivity contribution in [2.75, 3.05) is 6.54 Å². The van der Waals surface area contributed by atoms with Crippen LogP contribution in [0.2, 0.25) is 0 Å². The smallest absolute Gasteiger partial charge is 0.0455 e. The number of hydrogen-bond acceptors (Lipinski definition) is 1. The van der Waals surface area contributed by atoms with Crippen molar-refractivity contribution in [1.82, 2.24) is 9.88 Å². The van der Waals surface area contributed by atoms with E-state index in [9.17, 15) is 0 Å². The fourth-order valence-corrected chi connectivity index (χ4v) is 2.50. The second-order valence-electron chi connectivity index (χ2n) is 5.24. The van der Waals surface area contributed by atoms with Crippen molar-refractivity contribution in [2.24, 2.45) is 0 Å². The number of hydrogen-bond donors (Lipinski definition) is 1. The van der Waals surface area contributed by atoms with Crippen LogP contribution >= 0.6 is 0 Å². The number of rotatable bonds is 5. The number of aromatic nitrogens is 1. The van der Waals surface area contributed by atoms with Crippen LogP contribution in [-0.2, 0) is 6.54 Å². The van der Waals surface area contributed by atoms with Gasteiger partial charge in [-0.15, -0.1) is 0 Å². The van der Waals surface area contributed by atoms with E-state index in [-0.39, 0.29) is 0 Å². The van der Waals surface area contributed by atoms with Gasteiger partial charge in [0.05, 0.1) is 0 Å². The molecule has 2 aromatic rings. The zero-order valence-electron chi connectivity index (χ0n) is 12.5. The Balaban J connectivity index is 2.28. The summed E-state index contributed by atoms with van der Waals surface area (Å²) in [5.74, 6) is 0. The lowest BCUT2D eigenvalue weighted by Crippen LogP contribution is -2.14. The third kappa shape index (κ3) is 3.07. The fourth-order valence-electron chi connectivity index (χ4n) is 2.50. The molecule has 1 aromatic carbocycles. The van der Waals surface area contributed by atoms with Crippen LogP contribution in [0, 0.1) is 20.8 Å². The van der Waals surface area contributed by atoms with Crippen molar-refractivity contribution in [3.63, 3.8) is 0 Å². The second kappa shape index (κ2) is 6.07. The van der Waals surface area contributed by atoms with Crippen LogP contribution < -0.4 is 5.32 Å². The Morgan fingerprint density at radius 3 is 2.37 bits per heavy atom. The Kier molecular flexibility index (Phi) is 4.43. The maximum Gasteiger partial charge on any atom is 0.0455 e. The first-order chi connectivity index (χ1) is 9.13. The van der Waals surface area contributed by atoms with Gasteiger partial charge in [-0.2, -0.15) is 0 Å². The molecule has 0 radical (unpaired) electrons. The third-order valence-electron chi connectivity index (χ3n) is 3.57. The van der Waals surface area contributed by atoms with Crippen LogP contribution in [-0.4, -0.2) is 11.1 Å². The van der Waals surface area contributed by atoms with E-state index in [0.29, 0.717) is 0 Å². The lowest BCUT2D eigenvalue weighted by atomic mass is 10.2. The maximum absolute atomic E-state index is 3.48. The summed E-state index contributed by atoms with van der Waals surface area (Å²) >= 11 is 0. The molecule has 1 N–H and O–H groups in total. The minimum absolute atomic E-state index is 0.958. The Bertz CT molecular complexity index is 535. The summed E-state index contributed by atoms with van der Waals surface area (Å²) < 4.78 is 2.34. The molecule has 0 aliphatic heterocycles. The van der Waals surface area contributed by atoms with Crippen LogP contribution in [0.25, 0.3) is 5.69 Å². The molecule has 2 nitrogen and oxygen atoms in total. The van der Waals surface area contributed by atoms with Crippen molar-refractivity contribution >= 4 is 0 Å². The van der Waals surface area contributed by atoms with E-state index < -0.39 is 0 Å². The van der Waals surface area contributed by atoms with Gasteiger partial charge >= 0.3 is 0 Å². The van der Waals surface area contributed by atoms with Gasteiger partial charge in [-0.05, 0) is 57.5 Å². The van der Waals surface area contributed by atoms with Crippen LogP contribution in [0.15, 0.2) is 30.3 Å². The molecule has 19 heavy (non-hydrogen) atoms. The topological polar surface area (TPSA) is 17.0 Å². The molecule has 1 heterocycles. The van der Waals surface area contributed by atoms with Gasteiger partial charge in [0.1, 0.15) is 0 Å². The summed E-state index contributed by atoms with van der Waals surface area (Å²) in [6.07, 6.45) is 1.18. The molecule has 102 valence electrons. The number of aryl methyl sites for hydroxylation is 2. The fraction of sp³-hybridized carbons (Fsp3) is 0.412. The highest BCUT2D eigenvalue weighted by Crippen LogP contribution is 2.21. The zero-order chi connectivity index (χ0) is 13.8. The maximum atomic E-state index is 3.48. The second-order valence-corrected chi connectivity index (χ2v) is 5.24. The molecule has 0 amide bonds. The Morgan fingerprint density at radius 1 is 1.05 bits per heavy atom. The molecule has 0 aliphatic carbocycles. The summed E-state index contributed by atoms with van der Waals surface area (Å²) in [7, 11) is 0. The highest BCUT2D eigenvalue weighted by molar-refractivity contribution is 5.42. The summed E-state index contributed by atoms with van der Waals surface area (Å²) in [5, 5.41) is 3.48. The van der Waals surface area contributed by atoms with E-state index in [1.54, 1.807) is 0 Å². The molecule has 0 aliphatic rings. The predicted octanol–water partition coefficient (Wildman–Crippen LogP) is 3.90. The molecule has 0 saturated carbocycles. The molecular formula is C17H24N2. The average molecular weight is 256 g/mol. The minimum Gasteiger partial charge on any atom is -0.318 e. The molecule has 0 spiro atoms. The van der Waals surface area contributed by atoms with Gasteiger partial charge in [-0.25, -0.2) is 0 Å². The first kappa shape index (κ1) is 13.9. The monoisotopic (exact) mass is 256 g/mol. The van der Waals surface area contributed by atoms with Gasteiger partial charge in [0.2, 0.25) is 0 Å². The highest BCUT2D eigenvalue weighted by Gasteiger charge is 2.09. The largest absolute Gasteiger partial charge is 0.318 e. The van der Waals surface area contributed by atoms with Gasteiger partial charge < -0.3 is 9.88 Å². The van der Waals surface area contributed by atoms with Crippen molar-refractivity contribution in [3.8, 4) is 5.69 Å². The third-order valence-corrected chi connectivity index (χ3v) is 3.57. The summed E-state index contributed by atoms with van der Waals surface area (Å²) in [4.78, 5) is 0. The van der Waals surface area contributed by atoms with Crippen LogP contribution in [0.4, 0.5) is 0 Å². The minimum atomic E-state index is 0.958. The molecule has 0 bridgehead atoms. The van der Waals surface area contributed by atoms with Gasteiger partial charge in [-0.1, -0.05) is 24.6 Å². The van der Waals surface area contributed by atoms with E-state index in [1.165, 1.54) is 34.6 Å². The van der Waals surface area contributed by atoms with Crippen molar-refractivity contribution in [3.05, 3.63) is 52.8 Å². The highest BCUT2D eigenvalue weighted by atomic mass is 15.0. The molecule has 2 heteroatoms. The summed E-state index contributed by atoms with van der Waals surface area (Å²) in [6.45, 7) is 10.7. The normalized spacial score (nSPS) is 10.9. The molecule has 0 atom stereocenters. The molecule has 0 fully saturated rings. The first-order valence-corrected chi connectivity index (χ1v) is 7.09. The quantitative estimate of drug-likeness (QED) is 0.803. The molecule has 2 rings (SSSR count). The van der Waals surface area contributed by atoms with E-state index in [2.05, 4.69) is 67.9 Å². The Hall–Kier alpha value is -1.54. The summed E-state index contributed by atoms with van der Waals surface area (Å²) in [6, 6.07) is 11.0. The zero-order valence-corrected chi connectivity index (χ0v) is 12.5. The number of nitrogens with zero attached hydrogens (tertiary/aromatic N) is 1. The SMILES string of the molecule is CCCNCc1cc(C)n(-c2ccc(C)cc2)c1C. The van der Waals surface area contributed by atoms with Gasteiger partial charge in [0, 0.05) is 23.6 Å². The van der Waals surface area contributed by atoms with E-state index in [4.69, 9.17) is 0 Å². The average Bonchev–Trinajstić information content (AvgIpc) is 2.67. The lowest BCUT2D eigenvalue weighted by Gasteiger charge is -2.10. The van der Waals surface area contributed by atoms with Gasteiger partial charge in [-0.3, -0.25) is 0 Å². The molecular weight excluding hydrogens is 232 g/mol. The Morgan fingerprint density at radius 2 is 1.74 bits per heavy atom. The van der Waals surface area contributed by atoms with Crippen LogP contribution in [0.5, 0.6) is 0 Å².